The second kappa shape index (κ2) is 8.16. The Labute approximate surface area is 162 Å². The lowest BCUT2D eigenvalue weighted by Gasteiger charge is -2.07. The van der Waals surface area contributed by atoms with Crippen molar-refractivity contribution in [3.8, 4) is 17.1 Å². The van der Waals surface area contributed by atoms with Gasteiger partial charge < -0.3 is 16.0 Å². The van der Waals surface area contributed by atoms with E-state index >= 15 is 0 Å². The van der Waals surface area contributed by atoms with Crippen LogP contribution in [0.5, 0.6) is 0 Å². The molecule has 0 aliphatic heterocycles. The predicted octanol–water partition coefficient (Wildman–Crippen LogP) is 2.21. The van der Waals surface area contributed by atoms with Crippen LogP contribution < -0.4 is 16.7 Å². The van der Waals surface area contributed by atoms with Crippen molar-refractivity contribution in [2.24, 2.45) is 5.73 Å². The van der Waals surface area contributed by atoms with Gasteiger partial charge in [0.15, 0.2) is 0 Å². The Bertz CT molecular complexity index is 1120. The lowest BCUT2D eigenvalue weighted by molar-refractivity contribution is 0.655. The summed E-state index contributed by atoms with van der Waals surface area (Å²) in [6.07, 6.45) is 4.50. The summed E-state index contributed by atoms with van der Waals surface area (Å²) in [5, 5.41) is 4.20. The van der Waals surface area contributed by atoms with Crippen molar-refractivity contribution in [3.63, 3.8) is 0 Å². The Kier molecular flexibility index (Phi) is 5.27. The topological polar surface area (TPSA) is 102 Å². The molecule has 4 aromatic rings. The van der Waals surface area contributed by atoms with Crippen molar-refractivity contribution in [2.45, 2.75) is 13.0 Å². The van der Waals surface area contributed by atoms with E-state index in [4.69, 9.17) is 5.73 Å². The molecule has 0 amide bonds. The maximum atomic E-state index is 12.5. The lowest BCUT2D eigenvalue weighted by Crippen LogP contribution is -2.20. The minimum absolute atomic E-state index is 0.323. The number of benzene rings is 1. The van der Waals surface area contributed by atoms with Gasteiger partial charge in [-0.3, -0.25) is 9.55 Å². The van der Waals surface area contributed by atoms with Gasteiger partial charge in [-0.25, -0.2) is 4.79 Å². The molecular formula is C21H22N6O. The minimum atomic E-state index is -0.323. The molecule has 142 valence electrons. The molecule has 0 aliphatic carbocycles. The number of nitrogens with zero attached hydrogens (tertiary/aromatic N) is 3. The number of pyridine rings is 1. The zero-order valence-corrected chi connectivity index (χ0v) is 15.4. The molecule has 0 saturated carbocycles. The highest BCUT2D eigenvalue weighted by atomic mass is 16.1. The van der Waals surface area contributed by atoms with Gasteiger partial charge in [0.2, 0.25) is 0 Å². The fraction of sp³-hybridized carbons (Fsp3) is 0.190. The van der Waals surface area contributed by atoms with Crippen molar-refractivity contribution in [1.29, 1.82) is 0 Å². The monoisotopic (exact) mass is 374 g/mol. The highest BCUT2D eigenvalue weighted by molar-refractivity contribution is 5.81. The van der Waals surface area contributed by atoms with Gasteiger partial charge in [0.1, 0.15) is 5.65 Å². The number of nitrogens with two attached hydrogens (primary N) is 1. The van der Waals surface area contributed by atoms with E-state index < -0.39 is 0 Å². The number of hydrogen-bond acceptors (Lipinski definition) is 5. The van der Waals surface area contributed by atoms with Crippen LogP contribution in [0.3, 0.4) is 0 Å². The number of aromatic nitrogens is 4. The number of H-pyrrole nitrogens is 1. The largest absolute Gasteiger partial charge is 0.354 e. The molecular weight excluding hydrogens is 352 g/mol. The molecule has 4 rings (SSSR count). The molecule has 1 aromatic carbocycles. The Balaban J connectivity index is 1.60. The van der Waals surface area contributed by atoms with Crippen LogP contribution >= 0.6 is 0 Å². The second-order valence-electron chi connectivity index (χ2n) is 6.58. The van der Waals surface area contributed by atoms with Crippen LogP contribution in [0.1, 0.15) is 12.0 Å². The third-order valence-electron chi connectivity index (χ3n) is 4.55. The van der Waals surface area contributed by atoms with Crippen LogP contribution in [-0.2, 0) is 6.54 Å². The van der Waals surface area contributed by atoms with E-state index in [0.29, 0.717) is 12.2 Å². The van der Waals surface area contributed by atoms with Crippen LogP contribution in [0.15, 0.2) is 65.7 Å². The minimum Gasteiger partial charge on any atom is -0.338 e. The van der Waals surface area contributed by atoms with Crippen LogP contribution in [0, 0.1) is 0 Å². The van der Waals surface area contributed by atoms with E-state index in [9.17, 15) is 4.79 Å². The number of rotatable bonds is 7. The summed E-state index contributed by atoms with van der Waals surface area (Å²) < 4.78 is 1.56. The van der Waals surface area contributed by atoms with E-state index in [1.54, 1.807) is 10.8 Å². The zero-order valence-electron chi connectivity index (χ0n) is 15.4. The van der Waals surface area contributed by atoms with Gasteiger partial charge in [0, 0.05) is 24.3 Å². The van der Waals surface area contributed by atoms with Crippen LogP contribution in [0.4, 0.5) is 0 Å². The molecule has 0 radical (unpaired) electrons. The summed E-state index contributed by atoms with van der Waals surface area (Å²) in [5.41, 5.74) is 9.31. The molecule has 28 heavy (non-hydrogen) atoms. The molecule has 3 aromatic heterocycles. The van der Waals surface area contributed by atoms with Crippen LogP contribution in [-0.4, -0.2) is 32.6 Å². The third-order valence-corrected chi connectivity index (χ3v) is 4.55. The molecule has 0 bridgehead atoms. The maximum absolute atomic E-state index is 12.5. The smallest absolute Gasteiger partial charge is 0.338 e. The van der Waals surface area contributed by atoms with Crippen LogP contribution in [0.25, 0.3) is 28.1 Å². The van der Waals surface area contributed by atoms with Crippen LogP contribution in [0.2, 0.25) is 0 Å². The second-order valence-corrected chi connectivity index (χ2v) is 6.58. The van der Waals surface area contributed by atoms with Gasteiger partial charge >= 0.3 is 5.69 Å². The van der Waals surface area contributed by atoms with Gasteiger partial charge in [-0.05, 0) is 55.4 Å². The molecule has 0 saturated heterocycles. The summed E-state index contributed by atoms with van der Waals surface area (Å²) in [5.74, 6) is 0. The molecule has 7 nitrogen and oxygen atoms in total. The Hall–Kier alpha value is -3.29. The number of nitrogens with one attached hydrogen (secondary N) is 2. The Morgan fingerprint density at radius 1 is 1.14 bits per heavy atom. The molecule has 3 heterocycles. The fourth-order valence-electron chi connectivity index (χ4n) is 3.07. The van der Waals surface area contributed by atoms with Crippen molar-refractivity contribution >= 4 is 11.0 Å². The summed E-state index contributed by atoms with van der Waals surface area (Å²) >= 11 is 0. The van der Waals surface area contributed by atoms with Gasteiger partial charge in [-0.15, -0.1) is 0 Å². The SMILES string of the molecule is NCCCNCc1ccc(-n2cc3cc(-c4ccccn4)[nH]c3nc2=O)cc1. The molecule has 4 N–H and O–H groups in total. The first-order chi connectivity index (χ1) is 13.7. The van der Waals surface area contributed by atoms with E-state index in [0.717, 1.165) is 47.5 Å². The average Bonchev–Trinajstić information content (AvgIpc) is 3.15. The highest BCUT2D eigenvalue weighted by Gasteiger charge is 2.09. The van der Waals surface area contributed by atoms with Crippen molar-refractivity contribution < 1.29 is 0 Å². The number of aromatic amines is 1. The fourth-order valence-corrected chi connectivity index (χ4v) is 3.07. The first kappa shape index (κ1) is 18.1. The average molecular weight is 374 g/mol. The Morgan fingerprint density at radius 2 is 2.00 bits per heavy atom. The van der Waals surface area contributed by atoms with Gasteiger partial charge in [0.25, 0.3) is 0 Å². The molecule has 0 fully saturated rings. The highest BCUT2D eigenvalue weighted by Crippen LogP contribution is 2.21. The number of hydrogen-bond donors (Lipinski definition) is 3. The predicted molar refractivity (Wildman–Crippen MR) is 110 cm³/mol. The lowest BCUT2D eigenvalue weighted by atomic mass is 10.2. The van der Waals surface area contributed by atoms with E-state index in [1.165, 1.54) is 0 Å². The zero-order chi connectivity index (χ0) is 19.3. The Morgan fingerprint density at radius 3 is 2.75 bits per heavy atom. The van der Waals surface area contributed by atoms with Gasteiger partial charge in [0.05, 0.1) is 17.1 Å². The van der Waals surface area contributed by atoms with Crippen molar-refractivity contribution in [1.82, 2.24) is 24.8 Å². The summed E-state index contributed by atoms with van der Waals surface area (Å²) in [4.78, 5) is 24.2. The van der Waals surface area contributed by atoms with Gasteiger partial charge in [-0.2, -0.15) is 4.98 Å². The standard InChI is InChI=1S/C21H22N6O/c22-9-3-10-23-13-15-5-7-17(8-6-15)27-14-16-12-19(18-4-1-2-11-24-18)25-20(16)26-21(27)28/h1-2,4-8,11-12,14,23H,3,9-10,13,22H2,(H,25,26,28). The van der Waals surface area contributed by atoms with Crippen molar-refractivity contribution in [2.75, 3.05) is 13.1 Å². The molecule has 0 unspecified atom stereocenters. The normalized spacial score (nSPS) is 11.2. The summed E-state index contributed by atoms with van der Waals surface area (Å²) in [6.45, 7) is 2.35. The summed E-state index contributed by atoms with van der Waals surface area (Å²) in [7, 11) is 0. The van der Waals surface area contributed by atoms with Gasteiger partial charge in [-0.1, -0.05) is 18.2 Å². The van der Waals surface area contributed by atoms with E-state index in [2.05, 4.69) is 20.3 Å². The number of fused-ring (bicyclic) bond motifs is 1. The molecule has 0 aliphatic rings. The first-order valence-corrected chi connectivity index (χ1v) is 9.28. The molecule has 0 spiro atoms. The van der Waals surface area contributed by atoms with E-state index in [-0.39, 0.29) is 5.69 Å². The quantitative estimate of drug-likeness (QED) is 0.431. The van der Waals surface area contributed by atoms with E-state index in [1.807, 2.05) is 54.7 Å². The van der Waals surface area contributed by atoms with Crippen molar-refractivity contribution in [3.05, 3.63) is 77.0 Å². The third kappa shape index (κ3) is 3.85. The molecule has 0 atom stereocenters. The summed E-state index contributed by atoms with van der Waals surface area (Å²) in [6, 6.07) is 15.5. The maximum Gasteiger partial charge on any atom is 0.354 e. The molecule has 7 heteroatoms. The first-order valence-electron chi connectivity index (χ1n) is 9.28.